The lowest BCUT2D eigenvalue weighted by atomic mass is 9.96. The van der Waals surface area contributed by atoms with Crippen molar-refractivity contribution in [2.24, 2.45) is 0 Å². The second kappa shape index (κ2) is 6.88. The Balaban J connectivity index is 2.07. The van der Waals surface area contributed by atoms with Crippen LogP contribution in [0.15, 0.2) is 45.3 Å². The van der Waals surface area contributed by atoms with Gasteiger partial charge < -0.3 is 5.11 Å². The maximum absolute atomic E-state index is 10.3. The Hall–Kier alpha value is -0.640. The first-order valence-corrected chi connectivity index (χ1v) is 8.22. The zero-order valence-electron chi connectivity index (χ0n) is 11.7. The summed E-state index contributed by atoms with van der Waals surface area (Å²) in [6.07, 6.45) is 1.03. The van der Waals surface area contributed by atoms with E-state index in [0.29, 0.717) is 12.8 Å². The molecule has 0 unspecified atom stereocenters. The Labute approximate surface area is 137 Å². The van der Waals surface area contributed by atoms with E-state index in [4.69, 9.17) is 0 Å². The van der Waals surface area contributed by atoms with Crippen LogP contribution < -0.4 is 0 Å². The lowest BCUT2D eigenvalue weighted by Crippen LogP contribution is -2.15. The first-order valence-electron chi connectivity index (χ1n) is 6.64. The van der Waals surface area contributed by atoms with Gasteiger partial charge in [0.25, 0.3) is 0 Å². The molecule has 2 aromatic rings. The van der Waals surface area contributed by atoms with Crippen molar-refractivity contribution in [1.82, 2.24) is 0 Å². The van der Waals surface area contributed by atoms with E-state index in [1.807, 2.05) is 12.1 Å². The predicted octanol–water partition coefficient (Wildman–Crippen LogP) is 4.97. The molecule has 0 saturated heterocycles. The zero-order valence-corrected chi connectivity index (χ0v) is 14.8. The van der Waals surface area contributed by atoms with E-state index in [0.717, 1.165) is 8.95 Å². The van der Waals surface area contributed by atoms with Crippen molar-refractivity contribution in [2.75, 3.05) is 0 Å². The Morgan fingerprint density at radius 2 is 1.25 bits per heavy atom. The fraction of sp³-hybridized carbons (Fsp3) is 0.294. The molecule has 106 valence electrons. The molecule has 0 heterocycles. The van der Waals surface area contributed by atoms with Gasteiger partial charge in [-0.15, -0.1) is 0 Å². The third kappa shape index (κ3) is 4.18. The van der Waals surface area contributed by atoms with Crippen LogP contribution in [0.1, 0.15) is 22.3 Å². The summed E-state index contributed by atoms with van der Waals surface area (Å²) in [5.41, 5.74) is 4.84. The number of aliphatic hydroxyl groups is 1. The third-order valence-electron chi connectivity index (χ3n) is 3.52. The molecule has 0 aromatic heterocycles. The van der Waals surface area contributed by atoms with E-state index >= 15 is 0 Å². The summed E-state index contributed by atoms with van der Waals surface area (Å²) in [6.45, 7) is 4.16. The lowest BCUT2D eigenvalue weighted by molar-refractivity contribution is 0.175. The van der Waals surface area contributed by atoms with E-state index < -0.39 is 0 Å². The quantitative estimate of drug-likeness (QED) is 0.771. The Morgan fingerprint density at radius 1 is 0.850 bits per heavy atom. The van der Waals surface area contributed by atoms with Crippen LogP contribution >= 0.6 is 31.9 Å². The molecule has 2 aromatic carbocycles. The summed E-state index contributed by atoms with van der Waals surface area (Å²) in [5.74, 6) is 0. The lowest BCUT2D eigenvalue weighted by Gasteiger charge is -2.14. The van der Waals surface area contributed by atoms with Gasteiger partial charge in [0.15, 0.2) is 0 Å². The van der Waals surface area contributed by atoms with Crippen molar-refractivity contribution in [2.45, 2.75) is 32.8 Å². The van der Waals surface area contributed by atoms with Crippen LogP contribution in [-0.2, 0) is 12.8 Å². The standard InChI is InChI=1S/C17H18Br2O/c1-11-7-15(18)5-3-13(11)9-17(20)10-14-4-6-16(19)8-12(14)2/h3-8,17,20H,9-10H2,1-2H3. The van der Waals surface area contributed by atoms with Crippen molar-refractivity contribution in [3.8, 4) is 0 Å². The maximum Gasteiger partial charge on any atom is 0.0621 e. The highest BCUT2D eigenvalue weighted by Gasteiger charge is 2.10. The number of benzene rings is 2. The van der Waals surface area contributed by atoms with Crippen LogP contribution in [0.2, 0.25) is 0 Å². The van der Waals surface area contributed by atoms with Crippen LogP contribution in [0.3, 0.4) is 0 Å². The zero-order chi connectivity index (χ0) is 14.7. The Bertz CT molecular complexity index is 554. The molecule has 0 radical (unpaired) electrons. The number of hydrogen-bond donors (Lipinski definition) is 1. The number of aliphatic hydroxyl groups excluding tert-OH is 1. The normalized spacial score (nSPS) is 11.1. The number of halogens is 2. The topological polar surface area (TPSA) is 20.2 Å². The predicted molar refractivity (Wildman–Crippen MR) is 91.2 cm³/mol. The van der Waals surface area contributed by atoms with Gasteiger partial charge in [0.05, 0.1) is 6.10 Å². The fourth-order valence-corrected chi connectivity index (χ4v) is 3.31. The number of aryl methyl sites for hydroxylation is 2. The molecule has 2 rings (SSSR count). The molecule has 0 fully saturated rings. The number of hydrogen-bond acceptors (Lipinski definition) is 1. The van der Waals surface area contributed by atoms with Gasteiger partial charge in [-0.25, -0.2) is 0 Å². The monoisotopic (exact) mass is 396 g/mol. The first-order chi connectivity index (χ1) is 9.45. The average molecular weight is 398 g/mol. The summed E-state index contributed by atoms with van der Waals surface area (Å²) >= 11 is 6.93. The van der Waals surface area contributed by atoms with Gasteiger partial charge in [-0.05, 0) is 73.2 Å². The molecule has 0 spiro atoms. The van der Waals surface area contributed by atoms with Crippen LogP contribution in [0.4, 0.5) is 0 Å². The minimum Gasteiger partial charge on any atom is -0.392 e. The molecule has 3 heteroatoms. The van der Waals surface area contributed by atoms with Gasteiger partial charge in [-0.3, -0.25) is 0 Å². The van der Waals surface area contributed by atoms with Crippen molar-refractivity contribution >= 4 is 31.9 Å². The molecular formula is C17H18Br2O. The molecule has 0 saturated carbocycles. The van der Waals surface area contributed by atoms with Crippen LogP contribution in [-0.4, -0.2) is 11.2 Å². The SMILES string of the molecule is Cc1cc(Br)ccc1CC(O)Cc1ccc(Br)cc1C. The average Bonchev–Trinajstić information content (AvgIpc) is 2.36. The van der Waals surface area contributed by atoms with Crippen LogP contribution in [0.5, 0.6) is 0 Å². The Morgan fingerprint density at radius 3 is 1.60 bits per heavy atom. The van der Waals surface area contributed by atoms with E-state index in [-0.39, 0.29) is 6.10 Å². The highest BCUT2D eigenvalue weighted by Crippen LogP contribution is 2.20. The van der Waals surface area contributed by atoms with Gasteiger partial charge in [0.1, 0.15) is 0 Å². The van der Waals surface area contributed by atoms with Crippen molar-refractivity contribution in [1.29, 1.82) is 0 Å². The molecular weight excluding hydrogens is 380 g/mol. The van der Waals surface area contributed by atoms with E-state index in [2.05, 4.69) is 70.0 Å². The summed E-state index contributed by atoms with van der Waals surface area (Å²) in [4.78, 5) is 0. The molecule has 0 aliphatic rings. The largest absolute Gasteiger partial charge is 0.392 e. The summed E-state index contributed by atoms with van der Waals surface area (Å²) in [5, 5.41) is 10.3. The number of rotatable bonds is 4. The van der Waals surface area contributed by atoms with Crippen molar-refractivity contribution in [3.05, 3.63) is 67.6 Å². The van der Waals surface area contributed by atoms with E-state index in [9.17, 15) is 5.11 Å². The minimum atomic E-state index is -0.352. The highest BCUT2D eigenvalue weighted by molar-refractivity contribution is 9.10. The van der Waals surface area contributed by atoms with E-state index in [1.165, 1.54) is 22.3 Å². The van der Waals surface area contributed by atoms with Crippen molar-refractivity contribution < 1.29 is 5.11 Å². The molecule has 0 aliphatic carbocycles. The minimum absolute atomic E-state index is 0.352. The molecule has 0 bridgehead atoms. The summed E-state index contributed by atoms with van der Waals surface area (Å²) in [6, 6.07) is 12.4. The van der Waals surface area contributed by atoms with Gasteiger partial charge >= 0.3 is 0 Å². The van der Waals surface area contributed by atoms with Gasteiger partial charge in [-0.1, -0.05) is 44.0 Å². The third-order valence-corrected chi connectivity index (χ3v) is 4.51. The summed E-state index contributed by atoms with van der Waals surface area (Å²) < 4.78 is 2.16. The van der Waals surface area contributed by atoms with Gasteiger partial charge in [-0.2, -0.15) is 0 Å². The highest BCUT2D eigenvalue weighted by atomic mass is 79.9. The molecule has 1 N–H and O–H groups in total. The molecule has 20 heavy (non-hydrogen) atoms. The van der Waals surface area contributed by atoms with Gasteiger partial charge in [0, 0.05) is 8.95 Å². The fourth-order valence-electron chi connectivity index (χ4n) is 2.36. The Kier molecular flexibility index (Phi) is 5.42. The van der Waals surface area contributed by atoms with Crippen molar-refractivity contribution in [3.63, 3.8) is 0 Å². The molecule has 0 amide bonds. The second-order valence-corrected chi connectivity index (χ2v) is 7.04. The first kappa shape index (κ1) is 15.7. The smallest absolute Gasteiger partial charge is 0.0621 e. The second-order valence-electron chi connectivity index (χ2n) is 5.20. The maximum atomic E-state index is 10.3. The van der Waals surface area contributed by atoms with E-state index in [1.54, 1.807) is 0 Å². The molecule has 0 atom stereocenters. The van der Waals surface area contributed by atoms with Crippen LogP contribution in [0, 0.1) is 13.8 Å². The van der Waals surface area contributed by atoms with Gasteiger partial charge in [0.2, 0.25) is 0 Å². The molecule has 0 aliphatic heterocycles. The van der Waals surface area contributed by atoms with Crippen LogP contribution in [0.25, 0.3) is 0 Å². The molecule has 1 nitrogen and oxygen atoms in total. The summed E-state index contributed by atoms with van der Waals surface area (Å²) in [7, 11) is 0.